The van der Waals surface area contributed by atoms with Crippen LogP contribution in [0.15, 0.2) is 59.1 Å². The van der Waals surface area contributed by atoms with E-state index in [0.717, 1.165) is 11.3 Å². The lowest BCUT2D eigenvalue weighted by atomic mass is 9.78. The molecule has 1 aromatic heterocycles. The van der Waals surface area contributed by atoms with E-state index in [2.05, 4.69) is 6.07 Å². The van der Waals surface area contributed by atoms with Crippen LogP contribution in [0, 0.1) is 27.3 Å². The zero-order chi connectivity index (χ0) is 20.7. The van der Waals surface area contributed by atoms with E-state index in [4.69, 9.17) is 5.73 Å². The van der Waals surface area contributed by atoms with Gasteiger partial charge in [0.15, 0.2) is 5.78 Å². The van der Waals surface area contributed by atoms with Crippen LogP contribution in [0.25, 0.3) is 0 Å². The van der Waals surface area contributed by atoms with Crippen molar-refractivity contribution >= 4 is 27.8 Å². The number of Topliss-reactive ketones (excluding diaryl/α,β-unsaturated/α-hetero) is 1. The van der Waals surface area contributed by atoms with Crippen molar-refractivity contribution in [1.29, 1.82) is 5.26 Å². The summed E-state index contributed by atoms with van der Waals surface area (Å²) in [5, 5.41) is 20.9. The number of benzene rings is 1. The van der Waals surface area contributed by atoms with Gasteiger partial charge in [0.05, 0.1) is 22.5 Å². The van der Waals surface area contributed by atoms with Crippen LogP contribution < -0.4 is 10.6 Å². The maximum Gasteiger partial charge on any atom is 0.324 e. The number of carbonyl (C=O) groups is 1. The lowest BCUT2D eigenvalue weighted by molar-refractivity contribution is -0.380. The Morgan fingerprint density at radius 3 is 2.59 bits per heavy atom. The highest BCUT2D eigenvalue weighted by molar-refractivity contribution is 7.15. The maximum atomic E-state index is 13.4. The SMILES string of the molecule is N#CC1=C(N)N(c2ccc(F)cc2)C2=C(C(=O)CCC2)C1c1ccc([N+](=O)[O-])s1. The van der Waals surface area contributed by atoms with Crippen molar-refractivity contribution in [2.75, 3.05) is 4.90 Å². The quantitative estimate of drug-likeness (QED) is 0.602. The molecule has 0 radical (unpaired) electrons. The Kier molecular flexibility index (Phi) is 4.64. The van der Waals surface area contributed by atoms with E-state index in [-0.39, 0.29) is 22.2 Å². The first-order chi connectivity index (χ1) is 13.9. The molecule has 0 saturated carbocycles. The van der Waals surface area contributed by atoms with Gasteiger partial charge in [-0.25, -0.2) is 4.39 Å². The van der Waals surface area contributed by atoms with Crippen LogP contribution in [-0.2, 0) is 4.79 Å². The minimum absolute atomic E-state index is 0.0674. The number of nitrogens with zero attached hydrogens (tertiary/aromatic N) is 3. The van der Waals surface area contributed by atoms with E-state index < -0.39 is 16.7 Å². The number of anilines is 1. The van der Waals surface area contributed by atoms with Crippen LogP contribution in [0.4, 0.5) is 15.1 Å². The molecule has 2 aromatic rings. The molecule has 7 nitrogen and oxygen atoms in total. The number of hydrogen-bond acceptors (Lipinski definition) is 7. The second kappa shape index (κ2) is 7.14. The van der Waals surface area contributed by atoms with E-state index in [1.807, 2.05) is 0 Å². The topological polar surface area (TPSA) is 113 Å². The summed E-state index contributed by atoms with van der Waals surface area (Å²) >= 11 is 0.931. The molecule has 2 aliphatic rings. The molecule has 1 aromatic carbocycles. The smallest absolute Gasteiger partial charge is 0.324 e. The van der Waals surface area contributed by atoms with Crippen LogP contribution in [0.5, 0.6) is 0 Å². The Morgan fingerprint density at radius 1 is 1.24 bits per heavy atom. The monoisotopic (exact) mass is 410 g/mol. The molecule has 1 unspecified atom stereocenters. The number of allylic oxidation sites excluding steroid dienone is 3. The number of nitriles is 1. The number of nitrogens with two attached hydrogens (primary N) is 1. The summed E-state index contributed by atoms with van der Waals surface area (Å²) in [7, 11) is 0. The van der Waals surface area contributed by atoms with Crippen molar-refractivity contribution in [3.05, 3.63) is 79.9 Å². The third-order valence-corrected chi connectivity index (χ3v) is 6.18. The van der Waals surface area contributed by atoms with Crippen LogP contribution in [0.1, 0.15) is 30.1 Å². The third kappa shape index (κ3) is 3.07. The average molecular weight is 410 g/mol. The predicted molar refractivity (Wildman–Crippen MR) is 105 cm³/mol. The number of carbonyl (C=O) groups excluding carboxylic acids is 1. The van der Waals surface area contributed by atoms with Crippen LogP contribution in [-0.4, -0.2) is 10.7 Å². The van der Waals surface area contributed by atoms with E-state index in [1.54, 1.807) is 11.0 Å². The molecule has 0 bridgehead atoms. The van der Waals surface area contributed by atoms with Gasteiger partial charge in [-0.05, 0) is 43.2 Å². The summed E-state index contributed by atoms with van der Waals surface area (Å²) < 4.78 is 13.4. The number of hydrogen-bond donors (Lipinski definition) is 1. The van der Waals surface area contributed by atoms with Crippen molar-refractivity contribution in [2.24, 2.45) is 5.73 Å². The lowest BCUT2D eigenvalue weighted by Gasteiger charge is -2.39. The number of nitro groups is 1. The summed E-state index contributed by atoms with van der Waals surface area (Å²) in [4.78, 5) is 25.7. The predicted octanol–water partition coefficient (Wildman–Crippen LogP) is 4.10. The lowest BCUT2D eigenvalue weighted by Crippen LogP contribution is -2.38. The molecule has 0 amide bonds. The second-order valence-corrected chi connectivity index (χ2v) is 7.82. The van der Waals surface area contributed by atoms with Gasteiger partial charge in [0.1, 0.15) is 11.6 Å². The molecular weight excluding hydrogens is 395 g/mol. The molecule has 1 aliphatic heterocycles. The van der Waals surface area contributed by atoms with Crippen molar-refractivity contribution < 1.29 is 14.1 Å². The van der Waals surface area contributed by atoms with E-state index in [9.17, 15) is 24.6 Å². The summed E-state index contributed by atoms with van der Waals surface area (Å²) in [6, 6.07) is 10.7. The van der Waals surface area contributed by atoms with E-state index in [0.29, 0.717) is 41.1 Å². The largest absolute Gasteiger partial charge is 0.384 e. The van der Waals surface area contributed by atoms with Gasteiger partial charge < -0.3 is 5.73 Å². The first-order valence-corrected chi connectivity index (χ1v) is 9.69. The van der Waals surface area contributed by atoms with Crippen molar-refractivity contribution in [1.82, 2.24) is 0 Å². The van der Waals surface area contributed by atoms with Gasteiger partial charge in [-0.15, -0.1) is 0 Å². The fraction of sp³-hybridized carbons (Fsp3) is 0.200. The molecular formula is C20H15FN4O3S. The highest BCUT2D eigenvalue weighted by atomic mass is 32.1. The van der Waals surface area contributed by atoms with Gasteiger partial charge in [-0.2, -0.15) is 5.26 Å². The van der Waals surface area contributed by atoms with Gasteiger partial charge in [0.25, 0.3) is 0 Å². The normalized spacial score (nSPS) is 19.2. The van der Waals surface area contributed by atoms with Crippen LogP contribution in [0.2, 0.25) is 0 Å². The van der Waals surface area contributed by atoms with Gasteiger partial charge in [-0.1, -0.05) is 11.3 Å². The Hall–Kier alpha value is -3.51. The summed E-state index contributed by atoms with van der Waals surface area (Å²) in [5.41, 5.74) is 8.16. The maximum absolute atomic E-state index is 13.4. The van der Waals surface area contributed by atoms with Gasteiger partial charge in [0, 0.05) is 34.3 Å². The van der Waals surface area contributed by atoms with Crippen molar-refractivity contribution in [3.63, 3.8) is 0 Å². The molecule has 2 N–H and O–H groups in total. The fourth-order valence-corrected chi connectivity index (χ4v) is 4.79. The van der Waals surface area contributed by atoms with E-state index in [1.165, 1.54) is 30.3 Å². The zero-order valence-electron chi connectivity index (χ0n) is 15.1. The molecule has 1 aliphatic carbocycles. The first-order valence-electron chi connectivity index (χ1n) is 8.88. The molecule has 0 fully saturated rings. The summed E-state index contributed by atoms with van der Waals surface area (Å²) in [5.74, 6) is -1.11. The first kappa shape index (κ1) is 18.8. The van der Waals surface area contributed by atoms with Gasteiger partial charge in [0.2, 0.25) is 0 Å². The summed E-state index contributed by atoms with van der Waals surface area (Å²) in [6.07, 6.45) is 1.52. The van der Waals surface area contributed by atoms with E-state index >= 15 is 0 Å². The number of ketones is 1. The molecule has 2 heterocycles. The highest BCUT2D eigenvalue weighted by Crippen LogP contribution is 2.48. The molecule has 0 saturated heterocycles. The van der Waals surface area contributed by atoms with Crippen LogP contribution >= 0.6 is 11.3 Å². The molecule has 9 heteroatoms. The Balaban J connectivity index is 1.94. The van der Waals surface area contributed by atoms with Crippen LogP contribution in [0.3, 0.4) is 0 Å². The molecule has 0 spiro atoms. The minimum Gasteiger partial charge on any atom is -0.384 e. The van der Waals surface area contributed by atoms with Crippen molar-refractivity contribution in [2.45, 2.75) is 25.2 Å². The van der Waals surface area contributed by atoms with Crippen molar-refractivity contribution in [3.8, 4) is 6.07 Å². The molecule has 146 valence electrons. The second-order valence-electron chi connectivity index (χ2n) is 6.73. The summed E-state index contributed by atoms with van der Waals surface area (Å²) in [6.45, 7) is 0. The zero-order valence-corrected chi connectivity index (χ0v) is 15.9. The number of halogens is 1. The van der Waals surface area contributed by atoms with Gasteiger partial charge in [-0.3, -0.25) is 19.8 Å². The molecule has 29 heavy (non-hydrogen) atoms. The van der Waals surface area contributed by atoms with Gasteiger partial charge >= 0.3 is 5.00 Å². The highest BCUT2D eigenvalue weighted by Gasteiger charge is 2.41. The third-order valence-electron chi connectivity index (χ3n) is 5.08. The Bertz CT molecular complexity index is 1130. The molecule has 4 rings (SSSR count). The Labute approximate surface area is 169 Å². The minimum atomic E-state index is -0.738. The average Bonchev–Trinajstić information content (AvgIpc) is 3.18. The standard InChI is InChI=1S/C20H15FN4O3S/c21-11-4-6-12(7-5-11)24-14-2-1-3-15(26)19(14)18(13(10-22)20(24)23)16-8-9-17(29-16)25(27)28/h4-9,18H,1-3,23H2. The molecule has 1 atom stereocenters. The number of thiophene rings is 1. The number of rotatable bonds is 3. The fourth-order valence-electron chi connectivity index (χ4n) is 3.85. The Morgan fingerprint density at radius 2 is 1.97 bits per heavy atom.